The molecule has 0 aliphatic carbocycles. The lowest BCUT2D eigenvalue weighted by Crippen LogP contribution is -2.31. The van der Waals surface area contributed by atoms with Crippen LogP contribution in [0.4, 0.5) is 4.79 Å². The molecule has 0 unspecified atom stereocenters. The summed E-state index contributed by atoms with van der Waals surface area (Å²) in [5.41, 5.74) is 1.04. The van der Waals surface area contributed by atoms with Crippen molar-refractivity contribution in [3.63, 3.8) is 0 Å². The molecule has 0 aromatic carbocycles. The van der Waals surface area contributed by atoms with Gasteiger partial charge in [-0.1, -0.05) is 32.9 Å². The van der Waals surface area contributed by atoms with Gasteiger partial charge in [-0.2, -0.15) is 0 Å². The summed E-state index contributed by atoms with van der Waals surface area (Å²) in [6, 6.07) is 3.54. The summed E-state index contributed by atoms with van der Waals surface area (Å²) < 4.78 is 0. The van der Waals surface area contributed by atoms with Crippen LogP contribution in [0.5, 0.6) is 0 Å². The van der Waals surface area contributed by atoms with Gasteiger partial charge in [0.2, 0.25) is 0 Å². The maximum absolute atomic E-state index is 11.4. The molecule has 0 bridgehead atoms. The first kappa shape index (κ1) is 13.2. The van der Waals surface area contributed by atoms with Crippen molar-refractivity contribution in [1.29, 1.82) is 0 Å². The number of pyridine rings is 1. The van der Waals surface area contributed by atoms with E-state index >= 15 is 0 Å². The Morgan fingerprint density at radius 3 is 2.82 bits per heavy atom. The van der Waals surface area contributed by atoms with E-state index in [9.17, 15) is 4.79 Å². The number of carbonyl (C=O) groups is 1. The smallest absolute Gasteiger partial charge is 0.319 e. The van der Waals surface area contributed by atoms with E-state index in [2.05, 4.69) is 36.4 Å². The van der Waals surface area contributed by atoms with Gasteiger partial charge >= 0.3 is 6.03 Å². The van der Waals surface area contributed by atoms with Gasteiger partial charge < -0.3 is 10.6 Å². The number of rotatable bonds is 3. The van der Waals surface area contributed by atoms with Gasteiger partial charge in [0.25, 0.3) is 0 Å². The van der Waals surface area contributed by atoms with Crippen LogP contribution in [-0.4, -0.2) is 11.0 Å². The lowest BCUT2D eigenvalue weighted by atomic mass is 9.97. The molecule has 1 rings (SSSR count). The van der Waals surface area contributed by atoms with Crippen molar-refractivity contribution >= 4 is 6.03 Å². The van der Waals surface area contributed by atoms with Crippen molar-refractivity contribution in [2.75, 3.05) is 0 Å². The number of urea groups is 1. The second-order valence-electron chi connectivity index (χ2n) is 4.89. The van der Waals surface area contributed by atoms with Gasteiger partial charge in [0.05, 0.1) is 0 Å². The summed E-state index contributed by atoms with van der Waals surface area (Å²) in [6.07, 6.45) is 7.04. The van der Waals surface area contributed by atoms with E-state index in [1.807, 2.05) is 18.2 Å². The Bertz CT molecular complexity index is 379. The Morgan fingerprint density at radius 1 is 1.47 bits per heavy atom. The molecule has 1 heterocycles. The zero-order valence-electron chi connectivity index (χ0n) is 10.5. The fourth-order valence-electron chi connectivity index (χ4n) is 1.10. The minimum absolute atomic E-state index is 0.0661. The third kappa shape index (κ3) is 6.35. The van der Waals surface area contributed by atoms with E-state index in [1.54, 1.807) is 18.6 Å². The second kappa shape index (κ2) is 6.03. The summed E-state index contributed by atoms with van der Waals surface area (Å²) >= 11 is 0. The molecule has 1 aromatic heterocycles. The first-order valence-corrected chi connectivity index (χ1v) is 5.58. The highest BCUT2D eigenvalue weighted by molar-refractivity contribution is 5.74. The first-order chi connectivity index (χ1) is 7.97. The molecular weight excluding hydrogens is 214 g/mol. The van der Waals surface area contributed by atoms with E-state index in [1.165, 1.54) is 0 Å². The van der Waals surface area contributed by atoms with Crippen LogP contribution in [0.25, 0.3) is 0 Å². The quantitative estimate of drug-likeness (QED) is 0.842. The Balaban J connectivity index is 2.29. The Kier molecular flexibility index (Phi) is 4.69. The average molecular weight is 233 g/mol. The second-order valence-corrected chi connectivity index (χ2v) is 4.89. The molecule has 17 heavy (non-hydrogen) atoms. The average Bonchev–Trinajstić information content (AvgIpc) is 2.26. The van der Waals surface area contributed by atoms with Crippen molar-refractivity contribution < 1.29 is 4.79 Å². The predicted molar refractivity (Wildman–Crippen MR) is 68.2 cm³/mol. The fraction of sp³-hybridized carbons (Fsp3) is 0.385. The third-order valence-corrected chi connectivity index (χ3v) is 1.97. The van der Waals surface area contributed by atoms with E-state index in [0.29, 0.717) is 6.54 Å². The van der Waals surface area contributed by atoms with E-state index in [0.717, 1.165) is 5.56 Å². The van der Waals surface area contributed by atoms with Crippen LogP contribution in [0.15, 0.2) is 36.8 Å². The van der Waals surface area contributed by atoms with Crippen molar-refractivity contribution in [3.8, 4) is 0 Å². The van der Waals surface area contributed by atoms with Crippen LogP contribution >= 0.6 is 0 Å². The zero-order chi connectivity index (χ0) is 12.7. The highest BCUT2D eigenvalue weighted by Crippen LogP contribution is 2.13. The van der Waals surface area contributed by atoms with Crippen LogP contribution in [0, 0.1) is 5.41 Å². The van der Waals surface area contributed by atoms with Crippen molar-refractivity contribution in [2.45, 2.75) is 27.3 Å². The Labute approximate surface area is 102 Å². The van der Waals surface area contributed by atoms with Gasteiger partial charge in [0.1, 0.15) is 0 Å². The van der Waals surface area contributed by atoms with Crippen molar-refractivity contribution in [3.05, 3.63) is 42.4 Å². The molecule has 0 saturated heterocycles. The molecule has 0 spiro atoms. The summed E-state index contributed by atoms with van der Waals surface area (Å²) in [7, 11) is 0. The number of hydrogen-bond donors (Lipinski definition) is 2. The standard InChI is InChI=1S/C13H19N3O/c1-13(2,3)6-8-15-12(17)16-10-11-5-4-7-14-9-11/h4-9H,10H2,1-3H3,(H2,15,16,17)/b8-6+. The maximum Gasteiger partial charge on any atom is 0.319 e. The minimum atomic E-state index is -0.214. The lowest BCUT2D eigenvalue weighted by molar-refractivity contribution is 0.243. The number of carbonyl (C=O) groups excluding carboxylic acids is 1. The number of allylic oxidation sites excluding steroid dienone is 1. The molecule has 0 fully saturated rings. The summed E-state index contributed by atoms with van der Waals surface area (Å²) in [5.74, 6) is 0. The first-order valence-electron chi connectivity index (χ1n) is 5.58. The molecule has 4 nitrogen and oxygen atoms in total. The zero-order valence-corrected chi connectivity index (χ0v) is 10.5. The van der Waals surface area contributed by atoms with Crippen LogP contribution < -0.4 is 10.6 Å². The van der Waals surface area contributed by atoms with Gasteiger partial charge in [-0.05, 0) is 17.0 Å². The van der Waals surface area contributed by atoms with E-state index in [-0.39, 0.29) is 11.4 Å². The molecule has 0 radical (unpaired) electrons. The molecule has 4 heteroatoms. The predicted octanol–water partition coefficient (Wildman–Crippen LogP) is 2.44. The molecule has 1 aromatic rings. The SMILES string of the molecule is CC(C)(C)/C=C/NC(=O)NCc1cccnc1. The summed E-state index contributed by atoms with van der Waals surface area (Å²) in [6.45, 7) is 6.68. The van der Waals surface area contributed by atoms with Crippen LogP contribution in [0.2, 0.25) is 0 Å². The molecule has 0 aliphatic heterocycles. The molecular formula is C13H19N3O. The minimum Gasteiger partial charge on any atom is -0.334 e. The maximum atomic E-state index is 11.4. The summed E-state index contributed by atoms with van der Waals surface area (Å²) in [5, 5.41) is 5.40. The molecule has 0 aliphatic rings. The lowest BCUT2D eigenvalue weighted by Gasteiger charge is -2.11. The molecule has 0 atom stereocenters. The molecule has 2 amide bonds. The number of nitrogens with zero attached hydrogens (tertiary/aromatic N) is 1. The number of amides is 2. The number of hydrogen-bond acceptors (Lipinski definition) is 2. The van der Waals surface area contributed by atoms with Crippen LogP contribution in [-0.2, 0) is 6.54 Å². The monoisotopic (exact) mass is 233 g/mol. The Hall–Kier alpha value is -1.84. The highest BCUT2D eigenvalue weighted by atomic mass is 16.2. The van der Waals surface area contributed by atoms with Crippen LogP contribution in [0.1, 0.15) is 26.3 Å². The van der Waals surface area contributed by atoms with Gasteiger partial charge in [-0.15, -0.1) is 0 Å². The largest absolute Gasteiger partial charge is 0.334 e. The number of nitrogens with one attached hydrogen (secondary N) is 2. The van der Waals surface area contributed by atoms with Crippen molar-refractivity contribution in [2.24, 2.45) is 5.41 Å². The highest BCUT2D eigenvalue weighted by Gasteiger charge is 2.04. The van der Waals surface area contributed by atoms with Gasteiger partial charge in [0.15, 0.2) is 0 Å². The Morgan fingerprint density at radius 2 is 2.24 bits per heavy atom. The normalized spacial score (nSPS) is 11.5. The summed E-state index contributed by atoms with van der Waals surface area (Å²) in [4.78, 5) is 15.4. The van der Waals surface area contributed by atoms with Gasteiger partial charge in [-0.25, -0.2) is 4.79 Å². The van der Waals surface area contributed by atoms with Crippen molar-refractivity contribution in [1.82, 2.24) is 15.6 Å². The topological polar surface area (TPSA) is 54.0 Å². The fourth-order valence-corrected chi connectivity index (χ4v) is 1.10. The van der Waals surface area contributed by atoms with E-state index in [4.69, 9.17) is 0 Å². The van der Waals surface area contributed by atoms with Crippen LogP contribution in [0.3, 0.4) is 0 Å². The molecule has 2 N–H and O–H groups in total. The number of aromatic nitrogens is 1. The molecule has 0 saturated carbocycles. The third-order valence-electron chi connectivity index (χ3n) is 1.97. The van der Waals surface area contributed by atoms with Gasteiger partial charge in [0, 0.05) is 25.1 Å². The molecule has 92 valence electrons. The van der Waals surface area contributed by atoms with E-state index < -0.39 is 0 Å². The van der Waals surface area contributed by atoms with Gasteiger partial charge in [-0.3, -0.25) is 4.98 Å².